The number of hydrogen-bond donors (Lipinski definition) is 1. The molecule has 0 fully saturated rings. The smallest absolute Gasteiger partial charge is 0.244 e. The van der Waals surface area contributed by atoms with Crippen molar-refractivity contribution in [2.75, 3.05) is 23.7 Å². The minimum atomic E-state index is -3.74. The van der Waals surface area contributed by atoms with Crippen LogP contribution < -0.4 is 9.62 Å². The second-order valence-electron chi connectivity index (χ2n) is 8.89. The normalized spacial score (nSPS) is 12.2. The van der Waals surface area contributed by atoms with Crippen LogP contribution in [-0.4, -0.2) is 50.5 Å². The highest BCUT2D eigenvalue weighted by Gasteiger charge is 2.30. The number of benzene rings is 2. The molecule has 0 bridgehead atoms. The Bertz CT molecular complexity index is 1100. The maximum absolute atomic E-state index is 13.6. The van der Waals surface area contributed by atoms with E-state index in [0.717, 1.165) is 45.7 Å². The Morgan fingerprint density at radius 2 is 1.62 bits per heavy atom. The number of hydrogen-bond acceptors (Lipinski definition) is 4. The van der Waals surface area contributed by atoms with Gasteiger partial charge in [-0.25, -0.2) is 8.42 Å². The summed E-state index contributed by atoms with van der Waals surface area (Å²) in [6.45, 7) is 9.72. The molecular weight excluding hydrogens is 450 g/mol. The number of anilines is 1. The lowest BCUT2D eigenvalue weighted by Gasteiger charge is -2.32. The van der Waals surface area contributed by atoms with Gasteiger partial charge in [0.25, 0.3) is 0 Å². The zero-order chi connectivity index (χ0) is 25.5. The molecule has 0 aromatic heterocycles. The predicted octanol–water partition coefficient (Wildman–Crippen LogP) is 3.71. The summed E-state index contributed by atoms with van der Waals surface area (Å²) in [5.41, 5.74) is 4.06. The van der Waals surface area contributed by atoms with Crippen LogP contribution in [0.2, 0.25) is 0 Å². The number of aryl methyl sites for hydroxylation is 3. The van der Waals surface area contributed by atoms with Crippen LogP contribution in [0, 0.1) is 20.8 Å². The van der Waals surface area contributed by atoms with Crippen LogP contribution >= 0.6 is 0 Å². The first kappa shape index (κ1) is 27.4. The van der Waals surface area contributed by atoms with Gasteiger partial charge < -0.3 is 10.2 Å². The van der Waals surface area contributed by atoms with Crippen molar-refractivity contribution in [3.8, 4) is 0 Å². The van der Waals surface area contributed by atoms with E-state index in [9.17, 15) is 18.0 Å². The Hall–Kier alpha value is -2.87. The van der Waals surface area contributed by atoms with Crippen LogP contribution in [0.4, 0.5) is 5.69 Å². The topological polar surface area (TPSA) is 86.8 Å². The number of rotatable bonds is 11. The molecule has 7 nitrogen and oxygen atoms in total. The lowest BCUT2D eigenvalue weighted by atomic mass is 10.1. The third-order valence-corrected chi connectivity index (χ3v) is 6.91. The molecule has 2 aromatic carbocycles. The Morgan fingerprint density at radius 1 is 1.00 bits per heavy atom. The van der Waals surface area contributed by atoms with Gasteiger partial charge in [-0.1, -0.05) is 55.3 Å². The van der Waals surface area contributed by atoms with Crippen LogP contribution in [0.3, 0.4) is 0 Å². The minimum absolute atomic E-state index is 0.200. The first-order valence-corrected chi connectivity index (χ1v) is 13.5. The van der Waals surface area contributed by atoms with E-state index >= 15 is 0 Å². The maximum Gasteiger partial charge on any atom is 0.244 e. The second-order valence-corrected chi connectivity index (χ2v) is 10.8. The second kappa shape index (κ2) is 12.0. The third-order valence-electron chi connectivity index (χ3n) is 5.78. The van der Waals surface area contributed by atoms with Crippen molar-refractivity contribution in [2.24, 2.45) is 0 Å². The van der Waals surface area contributed by atoms with Crippen LogP contribution in [-0.2, 0) is 26.2 Å². The fourth-order valence-electron chi connectivity index (χ4n) is 3.59. The van der Waals surface area contributed by atoms with Crippen LogP contribution in [0.25, 0.3) is 0 Å². The fourth-order valence-corrected chi connectivity index (χ4v) is 4.49. The van der Waals surface area contributed by atoms with Gasteiger partial charge in [-0.3, -0.25) is 13.9 Å². The van der Waals surface area contributed by atoms with E-state index in [1.165, 1.54) is 4.90 Å². The van der Waals surface area contributed by atoms with Crippen molar-refractivity contribution in [1.82, 2.24) is 10.2 Å². The number of amides is 2. The molecule has 0 aliphatic rings. The SMILES string of the molecule is CCCCNC(=O)[C@H](C)N(Cc1ccc(C)cc1)C(=O)CN(c1cc(C)ccc1C)S(C)(=O)=O. The average Bonchev–Trinajstić information content (AvgIpc) is 2.77. The van der Waals surface area contributed by atoms with Gasteiger partial charge in [0.2, 0.25) is 21.8 Å². The summed E-state index contributed by atoms with van der Waals surface area (Å²) in [6.07, 6.45) is 2.88. The van der Waals surface area contributed by atoms with Crippen molar-refractivity contribution in [3.63, 3.8) is 0 Å². The zero-order valence-corrected chi connectivity index (χ0v) is 21.9. The summed E-state index contributed by atoms with van der Waals surface area (Å²) >= 11 is 0. The van der Waals surface area contributed by atoms with E-state index < -0.39 is 22.0 Å². The molecule has 0 aliphatic heterocycles. The molecule has 1 atom stereocenters. The van der Waals surface area contributed by atoms with Crippen molar-refractivity contribution >= 4 is 27.5 Å². The molecule has 0 unspecified atom stereocenters. The molecule has 8 heteroatoms. The number of nitrogens with zero attached hydrogens (tertiary/aromatic N) is 2. The Labute approximate surface area is 204 Å². The summed E-state index contributed by atoms with van der Waals surface area (Å²) < 4.78 is 26.5. The van der Waals surface area contributed by atoms with Crippen molar-refractivity contribution < 1.29 is 18.0 Å². The highest BCUT2D eigenvalue weighted by molar-refractivity contribution is 7.92. The first-order chi connectivity index (χ1) is 15.9. The number of carbonyl (C=O) groups excluding carboxylic acids is 2. The molecule has 1 N–H and O–H groups in total. The lowest BCUT2D eigenvalue weighted by Crippen LogP contribution is -2.51. The average molecular weight is 488 g/mol. The largest absolute Gasteiger partial charge is 0.354 e. The van der Waals surface area contributed by atoms with E-state index in [4.69, 9.17) is 0 Å². The minimum Gasteiger partial charge on any atom is -0.354 e. The van der Waals surface area contributed by atoms with Crippen molar-refractivity contribution in [3.05, 3.63) is 64.7 Å². The molecular formula is C26H37N3O4S. The van der Waals surface area contributed by atoms with E-state index in [1.54, 1.807) is 13.0 Å². The van der Waals surface area contributed by atoms with Gasteiger partial charge in [0.1, 0.15) is 12.6 Å². The lowest BCUT2D eigenvalue weighted by molar-refractivity contribution is -0.139. The maximum atomic E-state index is 13.6. The van der Waals surface area contributed by atoms with E-state index in [-0.39, 0.29) is 19.0 Å². The van der Waals surface area contributed by atoms with Gasteiger partial charge in [-0.05, 0) is 56.9 Å². The quantitative estimate of drug-likeness (QED) is 0.490. The molecule has 2 amide bonds. The van der Waals surface area contributed by atoms with Crippen LogP contribution in [0.1, 0.15) is 48.9 Å². The van der Waals surface area contributed by atoms with Gasteiger partial charge in [0, 0.05) is 13.1 Å². The van der Waals surface area contributed by atoms with Gasteiger partial charge in [-0.2, -0.15) is 0 Å². The van der Waals surface area contributed by atoms with E-state index in [1.807, 2.05) is 64.1 Å². The Kier molecular flexibility index (Phi) is 9.67. The first-order valence-electron chi connectivity index (χ1n) is 11.6. The molecule has 0 saturated carbocycles. The standard InChI is InChI=1S/C26H37N3O4S/c1-7-8-15-27-26(31)22(5)28(17-23-13-10-19(2)11-14-23)25(30)18-29(34(6,32)33)24-16-20(3)9-12-21(24)4/h9-14,16,22H,7-8,15,17-18H2,1-6H3,(H,27,31)/t22-/m0/s1. The number of sulfonamides is 1. The van der Waals surface area contributed by atoms with E-state index in [2.05, 4.69) is 5.32 Å². The summed E-state index contributed by atoms with van der Waals surface area (Å²) in [7, 11) is -3.74. The summed E-state index contributed by atoms with van der Waals surface area (Å²) in [4.78, 5) is 27.8. The molecule has 0 heterocycles. The van der Waals surface area contributed by atoms with Crippen LogP contribution in [0.15, 0.2) is 42.5 Å². The predicted molar refractivity (Wildman–Crippen MR) is 137 cm³/mol. The van der Waals surface area contributed by atoms with Gasteiger partial charge in [-0.15, -0.1) is 0 Å². The molecule has 2 rings (SSSR count). The van der Waals surface area contributed by atoms with Crippen LogP contribution in [0.5, 0.6) is 0 Å². The highest BCUT2D eigenvalue weighted by Crippen LogP contribution is 2.24. The van der Waals surface area contributed by atoms with E-state index in [0.29, 0.717) is 12.2 Å². The molecule has 0 spiro atoms. The summed E-state index contributed by atoms with van der Waals surface area (Å²) in [6, 6.07) is 12.5. The van der Waals surface area contributed by atoms with Gasteiger partial charge in [0.05, 0.1) is 11.9 Å². The summed E-state index contributed by atoms with van der Waals surface area (Å²) in [5, 5.41) is 2.88. The van der Waals surface area contributed by atoms with Crippen molar-refractivity contribution in [2.45, 2.75) is 60.0 Å². The third kappa shape index (κ3) is 7.58. The molecule has 34 heavy (non-hydrogen) atoms. The monoisotopic (exact) mass is 487 g/mol. The fraction of sp³-hybridized carbons (Fsp3) is 0.462. The van der Waals surface area contributed by atoms with Crippen molar-refractivity contribution in [1.29, 1.82) is 0 Å². The summed E-state index contributed by atoms with van der Waals surface area (Å²) in [5.74, 6) is -0.698. The molecule has 0 aliphatic carbocycles. The molecule has 0 saturated heterocycles. The number of nitrogens with one attached hydrogen (secondary N) is 1. The zero-order valence-electron chi connectivity index (χ0n) is 21.1. The highest BCUT2D eigenvalue weighted by atomic mass is 32.2. The van der Waals surface area contributed by atoms with Gasteiger partial charge >= 0.3 is 0 Å². The number of unbranched alkanes of at least 4 members (excludes halogenated alkanes) is 1. The molecule has 0 radical (unpaired) electrons. The molecule has 186 valence electrons. The van der Waals surface area contributed by atoms with Gasteiger partial charge in [0.15, 0.2) is 0 Å². The Balaban J connectivity index is 2.38. The Morgan fingerprint density at radius 3 is 2.21 bits per heavy atom. The molecule has 2 aromatic rings. The number of carbonyl (C=O) groups is 2.